The third-order valence-corrected chi connectivity index (χ3v) is 2.05. The number of hydrogen-bond acceptors (Lipinski definition) is 3. The van der Waals surface area contributed by atoms with E-state index in [1.807, 2.05) is 25.1 Å². The molecule has 0 radical (unpaired) electrons. The number of aryl methyl sites for hydroxylation is 1. The fourth-order valence-corrected chi connectivity index (χ4v) is 1.35. The van der Waals surface area contributed by atoms with Gasteiger partial charge in [0.15, 0.2) is 11.5 Å². The second-order valence-corrected chi connectivity index (χ2v) is 3.08. The zero-order valence-corrected chi connectivity index (χ0v) is 9.12. The van der Waals surface area contributed by atoms with E-state index in [0.717, 1.165) is 23.5 Å². The summed E-state index contributed by atoms with van der Waals surface area (Å²) in [6.45, 7) is 2.54. The maximum atomic E-state index is 8.50. The minimum atomic E-state index is 0.526. The number of nitrogens with zero attached hydrogens (tertiary/aromatic N) is 1. The van der Waals surface area contributed by atoms with Crippen LogP contribution in [0.5, 0.6) is 11.5 Å². The Hall–Kier alpha value is -1.69. The van der Waals surface area contributed by atoms with Crippen LogP contribution in [0.2, 0.25) is 0 Å². The monoisotopic (exact) mass is 205 g/mol. The van der Waals surface area contributed by atoms with E-state index in [0.29, 0.717) is 13.0 Å². The van der Waals surface area contributed by atoms with E-state index in [2.05, 4.69) is 6.07 Å². The molecule has 0 heterocycles. The molecule has 0 aromatic heterocycles. The molecule has 1 rings (SSSR count). The molecule has 1 aromatic rings. The molecule has 0 amide bonds. The van der Waals surface area contributed by atoms with Crippen LogP contribution < -0.4 is 9.47 Å². The number of methoxy groups -OCH3 is 1. The van der Waals surface area contributed by atoms with Gasteiger partial charge in [0.2, 0.25) is 0 Å². The maximum Gasteiger partial charge on any atom is 0.161 e. The molecule has 0 unspecified atom stereocenters. The molecule has 0 bridgehead atoms. The molecule has 0 aliphatic carbocycles. The largest absolute Gasteiger partial charge is 0.493 e. The van der Waals surface area contributed by atoms with Crippen molar-refractivity contribution in [1.29, 1.82) is 5.26 Å². The van der Waals surface area contributed by atoms with Crippen molar-refractivity contribution in [2.75, 3.05) is 13.7 Å². The molecule has 0 N–H and O–H groups in total. The summed E-state index contributed by atoms with van der Waals surface area (Å²) in [4.78, 5) is 0. The van der Waals surface area contributed by atoms with Crippen LogP contribution >= 0.6 is 0 Å². The van der Waals surface area contributed by atoms with Gasteiger partial charge in [0.05, 0.1) is 19.8 Å². The summed E-state index contributed by atoms with van der Waals surface area (Å²) in [7, 11) is 1.62. The Morgan fingerprint density at radius 2 is 2.13 bits per heavy atom. The molecule has 0 aliphatic heterocycles. The van der Waals surface area contributed by atoms with E-state index in [-0.39, 0.29) is 0 Å². The van der Waals surface area contributed by atoms with Crippen molar-refractivity contribution in [3.05, 3.63) is 23.8 Å². The number of hydrogen-bond donors (Lipinski definition) is 0. The van der Waals surface area contributed by atoms with Gasteiger partial charge in [0.1, 0.15) is 0 Å². The molecule has 15 heavy (non-hydrogen) atoms. The van der Waals surface area contributed by atoms with E-state index in [1.54, 1.807) is 7.11 Å². The second-order valence-electron chi connectivity index (χ2n) is 3.08. The summed E-state index contributed by atoms with van der Waals surface area (Å²) < 4.78 is 10.6. The average Bonchev–Trinajstić information content (AvgIpc) is 2.27. The van der Waals surface area contributed by atoms with Crippen molar-refractivity contribution in [3.8, 4) is 17.6 Å². The molecule has 3 heteroatoms. The molecule has 1 aromatic carbocycles. The molecule has 80 valence electrons. The highest BCUT2D eigenvalue weighted by Gasteiger charge is 2.04. The Kier molecular flexibility index (Phi) is 4.49. The van der Waals surface area contributed by atoms with Crippen LogP contribution in [0.3, 0.4) is 0 Å². The van der Waals surface area contributed by atoms with Crippen LogP contribution in [0.25, 0.3) is 0 Å². The van der Waals surface area contributed by atoms with Gasteiger partial charge >= 0.3 is 0 Å². The molecule has 3 nitrogen and oxygen atoms in total. The Balaban J connectivity index is 2.84. The summed E-state index contributed by atoms with van der Waals surface area (Å²) in [6.07, 6.45) is 1.28. The van der Waals surface area contributed by atoms with Gasteiger partial charge in [-0.15, -0.1) is 0 Å². The fourth-order valence-electron chi connectivity index (χ4n) is 1.35. The van der Waals surface area contributed by atoms with Crippen molar-refractivity contribution in [1.82, 2.24) is 0 Å². The van der Waals surface area contributed by atoms with E-state index in [9.17, 15) is 0 Å². The van der Waals surface area contributed by atoms with Crippen LogP contribution in [-0.4, -0.2) is 13.7 Å². The molecule has 0 saturated heterocycles. The molecule has 0 saturated carbocycles. The van der Waals surface area contributed by atoms with Crippen LogP contribution in [-0.2, 0) is 6.42 Å². The number of nitriles is 1. The standard InChI is InChI=1S/C12H15NO2/c1-3-15-12-9-10(5-4-8-13)6-7-11(12)14-2/h6-7,9H,3-5H2,1-2H3. The topological polar surface area (TPSA) is 42.2 Å². The highest BCUT2D eigenvalue weighted by molar-refractivity contribution is 5.43. The lowest BCUT2D eigenvalue weighted by molar-refractivity contribution is 0.310. The third kappa shape index (κ3) is 3.17. The minimum absolute atomic E-state index is 0.526. The quantitative estimate of drug-likeness (QED) is 0.741. The second kappa shape index (κ2) is 5.92. The first-order valence-corrected chi connectivity index (χ1v) is 4.98. The van der Waals surface area contributed by atoms with Crippen molar-refractivity contribution in [2.24, 2.45) is 0 Å². The van der Waals surface area contributed by atoms with Gasteiger partial charge in [-0.2, -0.15) is 5.26 Å². The molecular formula is C12H15NO2. The molecule has 0 spiro atoms. The number of ether oxygens (including phenoxy) is 2. The van der Waals surface area contributed by atoms with Gasteiger partial charge in [-0.05, 0) is 31.0 Å². The predicted octanol–water partition coefficient (Wildman–Crippen LogP) is 2.55. The highest BCUT2D eigenvalue weighted by atomic mass is 16.5. The zero-order valence-electron chi connectivity index (χ0n) is 9.12. The summed E-state index contributed by atoms with van der Waals surface area (Å²) >= 11 is 0. The molecule has 0 fully saturated rings. The lowest BCUT2D eigenvalue weighted by Crippen LogP contribution is -1.96. The van der Waals surface area contributed by atoms with Crippen LogP contribution in [0.1, 0.15) is 18.9 Å². The molecule has 0 atom stereocenters. The van der Waals surface area contributed by atoms with Crippen LogP contribution in [0, 0.1) is 11.3 Å². The Morgan fingerprint density at radius 1 is 1.33 bits per heavy atom. The summed E-state index contributed by atoms with van der Waals surface area (Å²) in [6, 6.07) is 7.88. The predicted molar refractivity (Wildman–Crippen MR) is 58.1 cm³/mol. The van der Waals surface area contributed by atoms with E-state index in [4.69, 9.17) is 14.7 Å². The fraction of sp³-hybridized carbons (Fsp3) is 0.417. The third-order valence-electron chi connectivity index (χ3n) is 2.05. The first kappa shape index (κ1) is 11.4. The van der Waals surface area contributed by atoms with Crippen molar-refractivity contribution in [2.45, 2.75) is 19.8 Å². The Labute approximate surface area is 90.2 Å². The lowest BCUT2D eigenvalue weighted by Gasteiger charge is -2.10. The first-order valence-electron chi connectivity index (χ1n) is 4.98. The molecule has 0 aliphatic rings. The summed E-state index contributed by atoms with van der Waals surface area (Å²) in [5, 5.41) is 8.50. The van der Waals surface area contributed by atoms with Crippen LogP contribution in [0.4, 0.5) is 0 Å². The van der Waals surface area contributed by atoms with Crippen molar-refractivity contribution < 1.29 is 9.47 Å². The van der Waals surface area contributed by atoms with Gasteiger partial charge in [-0.25, -0.2) is 0 Å². The summed E-state index contributed by atoms with van der Waals surface area (Å²) in [5.41, 5.74) is 1.10. The Bertz CT molecular complexity index is 355. The zero-order chi connectivity index (χ0) is 11.1. The van der Waals surface area contributed by atoms with Crippen LogP contribution in [0.15, 0.2) is 18.2 Å². The van der Waals surface area contributed by atoms with Gasteiger partial charge < -0.3 is 9.47 Å². The summed E-state index contributed by atoms with van der Waals surface area (Å²) in [5.74, 6) is 1.48. The number of rotatable bonds is 5. The number of benzene rings is 1. The van der Waals surface area contributed by atoms with E-state index < -0.39 is 0 Å². The maximum absolute atomic E-state index is 8.50. The normalized spacial score (nSPS) is 9.40. The van der Waals surface area contributed by atoms with Crippen molar-refractivity contribution in [3.63, 3.8) is 0 Å². The SMILES string of the molecule is CCOc1cc(CCC#N)ccc1OC. The smallest absolute Gasteiger partial charge is 0.161 e. The molecular weight excluding hydrogens is 190 g/mol. The van der Waals surface area contributed by atoms with Gasteiger partial charge in [0.25, 0.3) is 0 Å². The van der Waals surface area contributed by atoms with E-state index in [1.165, 1.54) is 0 Å². The van der Waals surface area contributed by atoms with Gasteiger partial charge in [0, 0.05) is 6.42 Å². The van der Waals surface area contributed by atoms with E-state index >= 15 is 0 Å². The highest BCUT2D eigenvalue weighted by Crippen LogP contribution is 2.28. The minimum Gasteiger partial charge on any atom is -0.493 e. The first-order chi connectivity index (χ1) is 7.31. The van der Waals surface area contributed by atoms with Gasteiger partial charge in [-0.3, -0.25) is 0 Å². The Morgan fingerprint density at radius 3 is 2.73 bits per heavy atom. The average molecular weight is 205 g/mol. The van der Waals surface area contributed by atoms with Crippen molar-refractivity contribution >= 4 is 0 Å². The lowest BCUT2D eigenvalue weighted by atomic mass is 10.1. The van der Waals surface area contributed by atoms with Gasteiger partial charge in [-0.1, -0.05) is 6.07 Å².